The Hall–Kier alpha value is -1.51. The van der Waals surface area contributed by atoms with Crippen molar-refractivity contribution in [1.82, 2.24) is 4.90 Å². The topological polar surface area (TPSA) is 41.6 Å². The molecule has 0 aromatic heterocycles. The summed E-state index contributed by atoms with van der Waals surface area (Å²) in [6.45, 7) is 10.5. The van der Waals surface area contributed by atoms with Gasteiger partial charge in [-0.15, -0.1) is 0 Å². The predicted molar refractivity (Wildman–Crippen MR) is 86.2 cm³/mol. The Labute approximate surface area is 122 Å². The molecule has 1 saturated carbocycles. The van der Waals surface area contributed by atoms with Crippen LogP contribution in [0.25, 0.3) is 0 Å². The van der Waals surface area contributed by atoms with Gasteiger partial charge in [0, 0.05) is 19.0 Å². The molecule has 2 atom stereocenters. The van der Waals surface area contributed by atoms with Crippen LogP contribution in [0.15, 0.2) is 29.3 Å². The smallest absolute Gasteiger partial charge is 0.191 e. The van der Waals surface area contributed by atoms with Gasteiger partial charge in [-0.2, -0.15) is 0 Å². The summed E-state index contributed by atoms with van der Waals surface area (Å²) in [5.74, 6) is 1.85. The van der Waals surface area contributed by atoms with Crippen molar-refractivity contribution >= 4 is 5.96 Å². The lowest BCUT2D eigenvalue weighted by atomic mass is 10.0. The van der Waals surface area contributed by atoms with Crippen molar-refractivity contribution in [1.29, 1.82) is 0 Å². The summed E-state index contributed by atoms with van der Waals surface area (Å²) in [7, 11) is 0. The molecule has 0 heterocycles. The van der Waals surface area contributed by atoms with Crippen LogP contribution >= 0.6 is 0 Å². The molecule has 2 N–H and O–H groups in total. The molecule has 0 amide bonds. The minimum Gasteiger partial charge on any atom is -0.370 e. The van der Waals surface area contributed by atoms with Gasteiger partial charge in [0.2, 0.25) is 0 Å². The maximum Gasteiger partial charge on any atom is 0.191 e. The number of rotatable bonds is 5. The van der Waals surface area contributed by atoms with Crippen LogP contribution in [0.5, 0.6) is 0 Å². The largest absolute Gasteiger partial charge is 0.370 e. The molecule has 1 aromatic carbocycles. The molecular weight excluding hydrogens is 246 g/mol. The first kappa shape index (κ1) is 14.9. The Bertz CT molecular complexity index is 458. The molecule has 110 valence electrons. The number of hydrogen-bond acceptors (Lipinski definition) is 1. The third kappa shape index (κ3) is 3.33. The molecule has 0 radical (unpaired) electrons. The van der Waals surface area contributed by atoms with E-state index in [9.17, 15) is 0 Å². The van der Waals surface area contributed by atoms with Gasteiger partial charge in [-0.25, -0.2) is 4.99 Å². The van der Waals surface area contributed by atoms with Crippen molar-refractivity contribution in [3.05, 3.63) is 35.4 Å². The second-order valence-electron chi connectivity index (χ2n) is 5.89. The zero-order valence-electron chi connectivity index (χ0n) is 13.1. The van der Waals surface area contributed by atoms with E-state index >= 15 is 0 Å². The standard InChI is InChI=1S/C17H27N3/c1-5-20(6-2)17(18)19-16-11-15(16)14-9-7-13(8-10-14)12(3)4/h7-10,12,15-16H,5-6,11H2,1-4H3,(H2,18,19). The van der Waals surface area contributed by atoms with Gasteiger partial charge in [0.1, 0.15) is 0 Å². The van der Waals surface area contributed by atoms with Crippen LogP contribution in [0.2, 0.25) is 0 Å². The number of nitrogens with two attached hydrogens (primary N) is 1. The van der Waals surface area contributed by atoms with Gasteiger partial charge in [-0.3, -0.25) is 0 Å². The van der Waals surface area contributed by atoms with E-state index < -0.39 is 0 Å². The van der Waals surface area contributed by atoms with Gasteiger partial charge in [0.25, 0.3) is 0 Å². The fourth-order valence-corrected chi connectivity index (χ4v) is 2.61. The Morgan fingerprint density at radius 2 is 1.85 bits per heavy atom. The second kappa shape index (κ2) is 6.29. The minimum absolute atomic E-state index is 0.375. The Kier molecular flexibility index (Phi) is 4.69. The van der Waals surface area contributed by atoms with Gasteiger partial charge in [0.15, 0.2) is 5.96 Å². The molecular formula is C17H27N3. The first-order valence-corrected chi connectivity index (χ1v) is 7.74. The first-order valence-electron chi connectivity index (χ1n) is 7.74. The van der Waals surface area contributed by atoms with Crippen molar-refractivity contribution in [3.63, 3.8) is 0 Å². The first-order chi connectivity index (χ1) is 9.56. The highest BCUT2D eigenvalue weighted by atomic mass is 15.3. The van der Waals surface area contributed by atoms with E-state index in [-0.39, 0.29) is 0 Å². The highest BCUT2D eigenvalue weighted by Gasteiger charge is 2.38. The highest BCUT2D eigenvalue weighted by Crippen LogP contribution is 2.43. The van der Waals surface area contributed by atoms with Crippen LogP contribution in [0.3, 0.4) is 0 Å². The van der Waals surface area contributed by atoms with Crippen LogP contribution < -0.4 is 5.73 Å². The van der Waals surface area contributed by atoms with E-state index in [4.69, 9.17) is 5.73 Å². The fraction of sp³-hybridized carbons (Fsp3) is 0.588. The molecule has 0 spiro atoms. The van der Waals surface area contributed by atoms with E-state index in [0.717, 1.165) is 19.5 Å². The van der Waals surface area contributed by atoms with Gasteiger partial charge in [0.05, 0.1) is 6.04 Å². The monoisotopic (exact) mass is 273 g/mol. The van der Waals surface area contributed by atoms with Crippen LogP contribution in [0.1, 0.15) is 57.1 Å². The molecule has 0 saturated heterocycles. The number of nitrogens with zero attached hydrogens (tertiary/aromatic N) is 2. The molecule has 3 nitrogen and oxygen atoms in total. The summed E-state index contributed by atoms with van der Waals surface area (Å²) in [5.41, 5.74) is 8.86. The van der Waals surface area contributed by atoms with Crippen molar-refractivity contribution in [2.45, 2.75) is 52.0 Å². The van der Waals surface area contributed by atoms with Gasteiger partial charge in [-0.05, 0) is 37.3 Å². The maximum atomic E-state index is 6.06. The molecule has 0 bridgehead atoms. The van der Waals surface area contributed by atoms with Crippen molar-refractivity contribution in [2.75, 3.05) is 13.1 Å². The zero-order chi connectivity index (χ0) is 14.7. The van der Waals surface area contributed by atoms with Crippen molar-refractivity contribution in [2.24, 2.45) is 10.7 Å². The lowest BCUT2D eigenvalue weighted by Crippen LogP contribution is -2.37. The SMILES string of the molecule is CCN(CC)C(N)=NC1CC1c1ccc(C(C)C)cc1. The zero-order valence-corrected chi connectivity index (χ0v) is 13.1. The summed E-state index contributed by atoms with van der Waals surface area (Å²) in [5, 5.41) is 0. The molecule has 1 aromatic rings. The third-order valence-electron chi connectivity index (χ3n) is 4.17. The minimum atomic E-state index is 0.375. The summed E-state index contributed by atoms with van der Waals surface area (Å²) in [6, 6.07) is 9.37. The maximum absolute atomic E-state index is 6.06. The second-order valence-corrected chi connectivity index (χ2v) is 5.89. The normalized spacial score (nSPS) is 22.1. The number of benzene rings is 1. The summed E-state index contributed by atoms with van der Waals surface area (Å²) in [4.78, 5) is 6.77. The molecule has 20 heavy (non-hydrogen) atoms. The average Bonchev–Trinajstić information content (AvgIpc) is 3.19. The van der Waals surface area contributed by atoms with E-state index in [2.05, 4.69) is 61.9 Å². The number of hydrogen-bond donors (Lipinski definition) is 1. The Balaban J connectivity index is 1.99. The van der Waals surface area contributed by atoms with Gasteiger partial charge in [-0.1, -0.05) is 38.1 Å². The van der Waals surface area contributed by atoms with E-state index in [1.54, 1.807) is 0 Å². The lowest BCUT2D eigenvalue weighted by Gasteiger charge is -2.19. The van der Waals surface area contributed by atoms with Crippen molar-refractivity contribution < 1.29 is 0 Å². The quantitative estimate of drug-likeness (QED) is 0.660. The van der Waals surface area contributed by atoms with Crippen LogP contribution in [0, 0.1) is 0 Å². The fourth-order valence-electron chi connectivity index (χ4n) is 2.61. The molecule has 1 fully saturated rings. The van der Waals surface area contributed by atoms with Crippen LogP contribution in [-0.2, 0) is 0 Å². The van der Waals surface area contributed by atoms with Crippen molar-refractivity contribution in [3.8, 4) is 0 Å². The number of aliphatic imine (C=N–C) groups is 1. The number of guanidine groups is 1. The van der Waals surface area contributed by atoms with E-state index in [1.807, 2.05) is 0 Å². The van der Waals surface area contributed by atoms with E-state index in [0.29, 0.717) is 23.8 Å². The third-order valence-corrected chi connectivity index (χ3v) is 4.17. The molecule has 0 aliphatic heterocycles. The lowest BCUT2D eigenvalue weighted by molar-refractivity contribution is 0.458. The molecule has 3 heteroatoms. The summed E-state index contributed by atoms with van der Waals surface area (Å²) >= 11 is 0. The van der Waals surface area contributed by atoms with Crippen LogP contribution in [-0.4, -0.2) is 30.0 Å². The summed E-state index contributed by atoms with van der Waals surface area (Å²) in [6.07, 6.45) is 1.13. The average molecular weight is 273 g/mol. The highest BCUT2D eigenvalue weighted by molar-refractivity contribution is 5.78. The Morgan fingerprint density at radius 3 is 2.35 bits per heavy atom. The predicted octanol–water partition coefficient (Wildman–Crippen LogP) is 3.32. The van der Waals surface area contributed by atoms with E-state index in [1.165, 1.54) is 11.1 Å². The molecule has 2 rings (SSSR count). The van der Waals surface area contributed by atoms with Crippen LogP contribution in [0.4, 0.5) is 0 Å². The molecule has 2 unspecified atom stereocenters. The Morgan fingerprint density at radius 1 is 1.25 bits per heavy atom. The molecule has 1 aliphatic carbocycles. The van der Waals surface area contributed by atoms with Gasteiger partial charge >= 0.3 is 0 Å². The summed E-state index contributed by atoms with van der Waals surface area (Å²) < 4.78 is 0. The molecule has 1 aliphatic rings. The van der Waals surface area contributed by atoms with Gasteiger partial charge < -0.3 is 10.6 Å².